The lowest BCUT2D eigenvalue weighted by molar-refractivity contribution is -0.134. The second-order valence-corrected chi connectivity index (χ2v) is 3.32. The number of aliphatic hydroxyl groups is 1. The Hall–Kier alpha value is -0.360. The van der Waals surface area contributed by atoms with Crippen molar-refractivity contribution in [1.29, 1.82) is 0 Å². The van der Waals surface area contributed by atoms with E-state index in [-0.39, 0.29) is 5.97 Å². The lowest BCUT2D eigenvalue weighted by Gasteiger charge is -2.04. The van der Waals surface area contributed by atoms with Crippen LogP contribution in [0.2, 0.25) is 0 Å². The first-order valence-corrected chi connectivity index (χ1v) is 5.04. The topological polar surface area (TPSA) is 46.5 Å². The van der Waals surface area contributed by atoms with Gasteiger partial charge in [-0.05, 0) is 23.5 Å². The largest absolute Gasteiger partial charge is 0.466 e. The van der Waals surface area contributed by atoms with Gasteiger partial charge < -0.3 is 9.84 Å². The van der Waals surface area contributed by atoms with Crippen molar-refractivity contribution in [3.63, 3.8) is 0 Å². The molecule has 0 aromatic rings. The summed E-state index contributed by atoms with van der Waals surface area (Å²) in [6.07, 6.45) is 2.96. The highest BCUT2D eigenvalue weighted by molar-refractivity contribution is 14.1. The third-order valence-corrected chi connectivity index (χ3v) is 1.81. The second-order valence-electron chi connectivity index (χ2n) is 2.60. The van der Waals surface area contributed by atoms with Gasteiger partial charge in [-0.15, -0.1) is 0 Å². The van der Waals surface area contributed by atoms with E-state index in [4.69, 9.17) is 0 Å². The lowest BCUT2D eigenvalue weighted by Crippen LogP contribution is -2.04. The van der Waals surface area contributed by atoms with Crippen LogP contribution >= 0.6 is 22.6 Å². The number of methoxy groups -OCH3 is 1. The summed E-state index contributed by atoms with van der Waals surface area (Å²) in [6, 6.07) is 0. The molecule has 0 heterocycles. The van der Waals surface area contributed by atoms with Gasteiger partial charge in [-0.25, -0.2) is 4.79 Å². The molecule has 0 aliphatic heterocycles. The van der Waals surface area contributed by atoms with E-state index in [1.54, 1.807) is 17.1 Å². The Balaban J connectivity index is 4.05. The molecule has 0 amide bonds. The molecule has 0 rings (SSSR count). The van der Waals surface area contributed by atoms with Crippen molar-refractivity contribution in [2.75, 3.05) is 7.11 Å². The molecule has 0 aromatic heterocycles. The molecule has 0 saturated heterocycles. The maximum absolute atomic E-state index is 10.8. The first-order valence-electron chi connectivity index (χ1n) is 3.80. The van der Waals surface area contributed by atoms with Gasteiger partial charge in [0, 0.05) is 6.08 Å². The summed E-state index contributed by atoms with van der Waals surface area (Å²) in [7, 11) is 1.33. The predicted molar refractivity (Wildman–Crippen MR) is 59.6 cm³/mol. The molecule has 0 aromatic carbocycles. The van der Waals surface area contributed by atoms with Gasteiger partial charge in [-0.3, -0.25) is 0 Å². The van der Waals surface area contributed by atoms with Gasteiger partial charge >= 0.3 is 5.97 Å². The lowest BCUT2D eigenvalue weighted by atomic mass is 10.1. The molecule has 0 aliphatic carbocycles. The van der Waals surface area contributed by atoms with E-state index in [2.05, 4.69) is 4.74 Å². The number of hydrogen-bond donors (Lipinski definition) is 1. The zero-order chi connectivity index (χ0) is 10.3. The summed E-state index contributed by atoms with van der Waals surface area (Å²) in [5.41, 5.74) is 0.800. The average Bonchev–Trinajstić information content (AvgIpc) is 2.04. The number of esters is 1. The van der Waals surface area contributed by atoms with Gasteiger partial charge in [0.2, 0.25) is 0 Å². The molecule has 4 heteroatoms. The van der Waals surface area contributed by atoms with Crippen molar-refractivity contribution in [3.05, 3.63) is 21.8 Å². The van der Waals surface area contributed by atoms with Gasteiger partial charge in [0.15, 0.2) is 0 Å². The summed E-state index contributed by atoms with van der Waals surface area (Å²) in [4.78, 5) is 10.8. The molecule has 0 radical (unpaired) electrons. The maximum atomic E-state index is 10.8. The summed E-state index contributed by atoms with van der Waals surface area (Å²) in [5.74, 6) is -0.386. The monoisotopic (exact) mass is 296 g/mol. The van der Waals surface area contributed by atoms with Crippen LogP contribution in [0.1, 0.15) is 13.3 Å². The first kappa shape index (κ1) is 12.6. The number of carbonyl (C=O) groups excluding carboxylic acids is 1. The molecule has 1 atom stereocenters. The molecular formula is C9H13IO3. The van der Waals surface area contributed by atoms with E-state index in [9.17, 15) is 9.90 Å². The highest BCUT2D eigenvalue weighted by Gasteiger charge is 2.02. The standard InChI is InChI=1S/C9H13IO3/c1-7(6-9(12)13-2)5-8(11)3-4-10/h3-4,6,8,11H,5H2,1-2H3/b4-3+,7-6+/t8-/m0/s1. The Bertz CT molecular complexity index is 221. The minimum atomic E-state index is -0.530. The van der Waals surface area contributed by atoms with E-state index < -0.39 is 6.10 Å². The van der Waals surface area contributed by atoms with E-state index >= 15 is 0 Å². The van der Waals surface area contributed by atoms with Gasteiger partial charge in [-0.1, -0.05) is 28.2 Å². The van der Waals surface area contributed by atoms with Gasteiger partial charge in [0.1, 0.15) is 0 Å². The Morgan fingerprint density at radius 1 is 1.69 bits per heavy atom. The molecule has 3 nitrogen and oxygen atoms in total. The smallest absolute Gasteiger partial charge is 0.330 e. The first-order chi connectivity index (χ1) is 6.10. The van der Waals surface area contributed by atoms with Crippen molar-refractivity contribution < 1.29 is 14.6 Å². The molecule has 0 bridgehead atoms. The van der Waals surface area contributed by atoms with Gasteiger partial charge in [-0.2, -0.15) is 0 Å². The van der Waals surface area contributed by atoms with Crippen LogP contribution in [0.4, 0.5) is 0 Å². The van der Waals surface area contributed by atoms with Gasteiger partial charge in [0.05, 0.1) is 13.2 Å². The van der Waals surface area contributed by atoms with Crippen molar-refractivity contribution >= 4 is 28.6 Å². The molecule has 0 spiro atoms. The average molecular weight is 296 g/mol. The zero-order valence-electron chi connectivity index (χ0n) is 7.66. The number of carbonyl (C=O) groups is 1. The van der Waals surface area contributed by atoms with Crippen LogP contribution in [0.3, 0.4) is 0 Å². The fourth-order valence-corrected chi connectivity index (χ4v) is 1.28. The number of halogens is 1. The Morgan fingerprint density at radius 3 is 2.77 bits per heavy atom. The number of rotatable bonds is 4. The molecular weight excluding hydrogens is 283 g/mol. The number of ether oxygens (including phenoxy) is 1. The van der Waals surface area contributed by atoms with Crippen LogP contribution in [-0.4, -0.2) is 24.3 Å². The molecule has 0 saturated carbocycles. The van der Waals surface area contributed by atoms with Crippen molar-refractivity contribution in [1.82, 2.24) is 0 Å². The van der Waals surface area contributed by atoms with Crippen LogP contribution in [-0.2, 0) is 9.53 Å². The van der Waals surface area contributed by atoms with Crippen LogP contribution in [0.15, 0.2) is 21.8 Å². The normalized spacial score (nSPS) is 14.6. The Kier molecular flexibility index (Phi) is 6.89. The van der Waals surface area contributed by atoms with Crippen LogP contribution in [0, 0.1) is 0 Å². The number of hydrogen-bond acceptors (Lipinski definition) is 3. The summed E-state index contributed by atoms with van der Waals surface area (Å²) in [5, 5.41) is 9.32. The minimum Gasteiger partial charge on any atom is -0.466 e. The highest BCUT2D eigenvalue weighted by atomic mass is 127. The van der Waals surface area contributed by atoms with Gasteiger partial charge in [0.25, 0.3) is 0 Å². The van der Waals surface area contributed by atoms with E-state index in [1.165, 1.54) is 13.2 Å². The fourth-order valence-electron chi connectivity index (χ4n) is 0.801. The minimum absolute atomic E-state index is 0.386. The molecule has 0 unspecified atom stereocenters. The van der Waals surface area contributed by atoms with E-state index in [0.29, 0.717) is 6.42 Å². The SMILES string of the molecule is COC(=O)/C=C(\C)C[C@@H](O)/C=C/I. The van der Waals surface area contributed by atoms with Crippen LogP contribution < -0.4 is 0 Å². The van der Waals surface area contributed by atoms with Crippen molar-refractivity contribution in [2.45, 2.75) is 19.4 Å². The fraction of sp³-hybridized carbons (Fsp3) is 0.444. The maximum Gasteiger partial charge on any atom is 0.330 e. The molecule has 0 fully saturated rings. The Morgan fingerprint density at radius 2 is 2.31 bits per heavy atom. The molecule has 74 valence electrons. The summed E-state index contributed by atoms with van der Waals surface area (Å²) >= 11 is 2.03. The Labute approximate surface area is 91.6 Å². The predicted octanol–water partition coefficient (Wildman–Crippen LogP) is 1.81. The number of aliphatic hydroxyl groups excluding tert-OH is 1. The third kappa shape index (κ3) is 6.77. The summed E-state index contributed by atoms with van der Waals surface area (Å²) in [6.45, 7) is 1.78. The molecule has 0 aliphatic rings. The van der Waals surface area contributed by atoms with Crippen molar-refractivity contribution in [3.8, 4) is 0 Å². The second kappa shape index (κ2) is 7.08. The quantitative estimate of drug-likeness (QED) is 0.489. The van der Waals surface area contributed by atoms with Crippen LogP contribution in [0.5, 0.6) is 0 Å². The summed E-state index contributed by atoms with van der Waals surface area (Å²) < 4.78 is 6.19. The molecule has 1 N–H and O–H groups in total. The third-order valence-electron chi connectivity index (χ3n) is 1.39. The molecule has 13 heavy (non-hydrogen) atoms. The van der Waals surface area contributed by atoms with Crippen molar-refractivity contribution in [2.24, 2.45) is 0 Å². The van der Waals surface area contributed by atoms with Crippen LogP contribution in [0.25, 0.3) is 0 Å². The zero-order valence-corrected chi connectivity index (χ0v) is 9.82. The van der Waals surface area contributed by atoms with E-state index in [0.717, 1.165) is 5.57 Å². The highest BCUT2D eigenvalue weighted by Crippen LogP contribution is 2.06. The van der Waals surface area contributed by atoms with E-state index in [1.807, 2.05) is 22.6 Å².